The normalized spacial score (nSPS) is 25.1. The van der Waals surface area contributed by atoms with Crippen molar-refractivity contribution in [3.8, 4) is 6.07 Å². The van der Waals surface area contributed by atoms with E-state index in [1.807, 2.05) is 6.92 Å². The van der Waals surface area contributed by atoms with Crippen LogP contribution in [-0.4, -0.2) is 48.5 Å². The molecule has 3 atom stereocenters. The van der Waals surface area contributed by atoms with Gasteiger partial charge in [-0.3, -0.25) is 9.50 Å². The number of alkyl carbamates (subject to hydrolysis) is 1. The van der Waals surface area contributed by atoms with Crippen LogP contribution >= 0.6 is 0 Å². The van der Waals surface area contributed by atoms with Gasteiger partial charge in [0.25, 0.3) is 0 Å². The highest BCUT2D eigenvalue weighted by Crippen LogP contribution is 2.42. The lowest BCUT2D eigenvalue weighted by atomic mass is 10.0. The van der Waals surface area contributed by atoms with E-state index in [4.69, 9.17) is 4.74 Å². The van der Waals surface area contributed by atoms with Gasteiger partial charge in [0.15, 0.2) is 11.5 Å². The van der Waals surface area contributed by atoms with E-state index < -0.39 is 24.3 Å². The van der Waals surface area contributed by atoms with Crippen molar-refractivity contribution in [2.45, 2.75) is 75.1 Å². The first-order valence-corrected chi connectivity index (χ1v) is 11.7. The fourth-order valence-corrected chi connectivity index (χ4v) is 4.63. The standard InChI is InChI=1S/C23H25FN8O2/c1-23(6-7-23)29-22(33)34-17-5-4-14(19(17)24)16-8-18(31-30-16)28-21-26-10-15(12-2-3-12)20-27-13(9-25)11-32(20)21/h8,10-12,14,17,19H,2-7H2,1H3,(H,29,33)(H2,26,28,30,31)/t14-,17-,19+/m0/s1. The van der Waals surface area contributed by atoms with Crippen LogP contribution in [0.25, 0.3) is 5.65 Å². The van der Waals surface area contributed by atoms with Gasteiger partial charge >= 0.3 is 6.09 Å². The molecule has 3 heterocycles. The summed E-state index contributed by atoms with van der Waals surface area (Å²) in [6, 6.07) is 3.83. The fourth-order valence-electron chi connectivity index (χ4n) is 4.63. The molecular weight excluding hydrogens is 439 g/mol. The zero-order valence-electron chi connectivity index (χ0n) is 18.7. The molecule has 6 rings (SSSR count). The average Bonchev–Trinajstić information content (AvgIpc) is 3.63. The molecule has 0 radical (unpaired) electrons. The maximum atomic E-state index is 15.1. The zero-order chi connectivity index (χ0) is 23.4. The number of carbonyl (C=O) groups excluding carboxylic acids is 1. The molecule has 176 valence electrons. The predicted molar refractivity (Wildman–Crippen MR) is 119 cm³/mol. The number of aromatic nitrogens is 5. The van der Waals surface area contributed by atoms with E-state index in [1.165, 1.54) is 0 Å². The van der Waals surface area contributed by atoms with E-state index >= 15 is 4.39 Å². The summed E-state index contributed by atoms with van der Waals surface area (Å²) in [5.41, 5.74) is 2.49. The topological polar surface area (TPSA) is 133 Å². The number of rotatable bonds is 6. The van der Waals surface area contributed by atoms with Crippen molar-refractivity contribution in [1.29, 1.82) is 5.26 Å². The first kappa shape index (κ1) is 20.9. The van der Waals surface area contributed by atoms with Crippen molar-refractivity contribution in [1.82, 2.24) is 29.9 Å². The van der Waals surface area contributed by atoms with Gasteiger partial charge in [0.05, 0.1) is 6.20 Å². The average molecular weight is 465 g/mol. The Hall–Kier alpha value is -3.68. The van der Waals surface area contributed by atoms with Crippen LogP contribution < -0.4 is 10.6 Å². The van der Waals surface area contributed by atoms with Crippen LogP contribution in [0.1, 0.15) is 74.2 Å². The highest BCUT2D eigenvalue weighted by atomic mass is 19.1. The Kier molecular flexibility index (Phi) is 4.72. The molecule has 3 fully saturated rings. The summed E-state index contributed by atoms with van der Waals surface area (Å²) >= 11 is 0. The van der Waals surface area contributed by atoms with Crippen LogP contribution in [0.4, 0.5) is 21.0 Å². The zero-order valence-corrected chi connectivity index (χ0v) is 18.7. The summed E-state index contributed by atoms with van der Waals surface area (Å²) in [7, 11) is 0. The maximum absolute atomic E-state index is 15.1. The number of alkyl halides is 1. The second-order valence-corrected chi connectivity index (χ2v) is 9.83. The quantitative estimate of drug-likeness (QED) is 0.505. The largest absolute Gasteiger partial charge is 0.443 e. The highest BCUT2D eigenvalue weighted by Gasteiger charge is 2.43. The van der Waals surface area contributed by atoms with Gasteiger partial charge in [0.1, 0.15) is 24.0 Å². The molecule has 1 amide bonds. The Balaban J connectivity index is 1.16. The number of aromatic amines is 1. The molecule has 3 aromatic rings. The molecule has 10 nitrogen and oxygen atoms in total. The molecule has 0 aliphatic heterocycles. The van der Waals surface area contributed by atoms with Crippen molar-refractivity contribution >= 4 is 23.5 Å². The first-order valence-electron chi connectivity index (χ1n) is 11.7. The smallest absolute Gasteiger partial charge is 0.407 e. The number of hydrogen-bond donors (Lipinski definition) is 3. The number of nitrogens with one attached hydrogen (secondary N) is 3. The minimum Gasteiger partial charge on any atom is -0.443 e. The van der Waals surface area contributed by atoms with Gasteiger partial charge in [-0.2, -0.15) is 10.4 Å². The van der Waals surface area contributed by atoms with Gasteiger partial charge in [-0.15, -0.1) is 0 Å². The van der Waals surface area contributed by atoms with Gasteiger partial charge in [-0.1, -0.05) is 0 Å². The molecular formula is C23H25FN8O2. The first-order chi connectivity index (χ1) is 16.4. The van der Waals surface area contributed by atoms with Crippen LogP contribution in [0, 0.1) is 11.3 Å². The lowest BCUT2D eigenvalue weighted by Crippen LogP contribution is -2.38. The monoisotopic (exact) mass is 464 g/mol. The molecule has 0 bridgehead atoms. The van der Waals surface area contributed by atoms with Crippen LogP contribution in [0.15, 0.2) is 18.5 Å². The number of H-pyrrole nitrogens is 1. The summed E-state index contributed by atoms with van der Waals surface area (Å²) < 4.78 is 22.3. The van der Waals surface area contributed by atoms with Crippen molar-refractivity contribution in [3.05, 3.63) is 35.4 Å². The van der Waals surface area contributed by atoms with E-state index in [9.17, 15) is 10.1 Å². The van der Waals surface area contributed by atoms with Gasteiger partial charge in [-0.25, -0.2) is 19.2 Å². The lowest BCUT2D eigenvalue weighted by Gasteiger charge is -2.19. The predicted octanol–water partition coefficient (Wildman–Crippen LogP) is 3.81. The summed E-state index contributed by atoms with van der Waals surface area (Å²) in [5, 5.41) is 22.4. The molecule has 3 aliphatic rings. The third kappa shape index (κ3) is 3.83. The Labute approximate surface area is 194 Å². The third-order valence-electron chi connectivity index (χ3n) is 7.05. The second-order valence-electron chi connectivity index (χ2n) is 9.83. The third-order valence-corrected chi connectivity index (χ3v) is 7.05. The van der Waals surface area contributed by atoms with E-state index in [-0.39, 0.29) is 5.54 Å². The molecule has 34 heavy (non-hydrogen) atoms. The molecule has 0 spiro atoms. The molecule has 3 aromatic heterocycles. The number of imidazole rings is 1. The Bertz CT molecular complexity index is 1300. The molecule has 11 heteroatoms. The summed E-state index contributed by atoms with van der Waals surface area (Å²) in [5.74, 6) is 0.941. The number of fused-ring (bicyclic) bond motifs is 1. The molecule has 0 aromatic carbocycles. The van der Waals surface area contributed by atoms with Gasteiger partial charge < -0.3 is 15.4 Å². The highest BCUT2D eigenvalue weighted by molar-refractivity contribution is 5.69. The molecule has 3 saturated carbocycles. The number of halogens is 1. The molecule has 3 aliphatic carbocycles. The number of hydrogen-bond acceptors (Lipinski definition) is 7. The van der Waals surface area contributed by atoms with E-state index in [2.05, 4.69) is 36.9 Å². The minimum atomic E-state index is -1.32. The Morgan fingerprint density at radius 3 is 2.91 bits per heavy atom. The fraction of sp³-hybridized carbons (Fsp3) is 0.522. The number of anilines is 2. The number of carbonyl (C=O) groups is 1. The van der Waals surface area contributed by atoms with Crippen molar-refractivity contribution in [2.24, 2.45) is 0 Å². The lowest BCUT2D eigenvalue weighted by molar-refractivity contribution is 0.0546. The van der Waals surface area contributed by atoms with Crippen LogP contribution in [0.2, 0.25) is 0 Å². The molecule has 0 saturated heterocycles. The Morgan fingerprint density at radius 2 is 2.18 bits per heavy atom. The van der Waals surface area contributed by atoms with E-state index in [0.29, 0.717) is 47.6 Å². The minimum absolute atomic E-state index is 0.204. The number of nitrogens with zero attached hydrogens (tertiary/aromatic N) is 5. The van der Waals surface area contributed by atoms with Crippen molar-refractivity contribution < 1.29 is 13.9 Å². The number of ether oxygens (including phenoxy) is 1. The van der Waals surface area contributed by atoms with Gasteiger partial charge in [0.2, 0.25) is 5.95 Å². The summed E-state index contributed by atoms with van der Waals surface area (Å²) in [6.45, 7) is 1.95. The van der Waals surface area contributed by atoms with Crippen molar-refractivity contribution in [3.63, 3.8) is 0 Å². The summed E-state index contributed by atoms with van der Waals surface area (Å²) in [6.07, 6.45) is 5.81. The maximum Gasteiger partial charge on any atom is 0.407 e. The van der Waals surface area contributed by atoms with Crippen LogP contribution in [-0.2, 0) is 4.74 Å². The number of amides is 1. The van der Waals surface area contributed by atoms with E-state index in [0.717, 1.165) is 31.2 Å². The Morgan fingerprint density at radius 1 is 1.35 bits per heavy atom. The SMILES string of the molecule is CC1(NC(=O)O[C@H]2CC[C@@H](c3cc(Nc4ncc(C5CC5)c5nc(C#N)cn45)n[nH]3)[C@H]2F)CC1. The van der Waals surface area contributed by atoms with Gasteiger partial charge in [-0.05, 0) is 51.4 Å². The number of nitriles is 1. The van der Waals surface area contributed by atoms with E-state index in [1.54, 1.807) is 22.9 Å². The van der Waals surface area contributed by atoms with Gasteiger partial charge in [0, 0.05) is 35.0 Å². The molecule has 0 unspecified atom stereocenters. The molecule has 3 N–H and O–H groups in total. The second kappa shape index (κ2) is 7.68. The van der Waals surface area contributed by atoms with Crippen LogP contribution in [0.5, 0.6) is 0 Å². The summed E-state index contributed by atoms with van der Waals surface area (Å²) in [4.78, 5) is 21.0. The van der Waals surface area contributed by atoms with Crippen LogP contribution in [0.3, 0.4) is 0 Å². The van der Waals surface area contributed by atoms with Crippen molar-refractivity contribution in [2.75, 3.05) is 5.32 Å².